The molecule has 1 unspecified atom stereocenters. The van der Waals surface area contributed by atoms with Crippen LogP contribution in [0.15, 0.2) is 73.1 Å². The second-order valence-electron chi connectivity index (χ2n) is 25.9. The Labute approximate surface area is 492 Å². The van der Waals surface area contributed by atoms with Crippen LogP contribution >= 0.6 is 7.26 Å². The molecule has 1 aromatic heterocycles. The van der Waals surface area contributed by atoms with Crippen LogP contribution < -0.4 is 15.9 Å². The summed E-state index contributed by atoms with van der Waals surface area (Å²) in [6.45, 7) is 17.8. The fourth-order valence-electron chi connectivity index (χ4n) is 14.2. The molecule has 3 aliphatic heterocycles. The van der Waals surface area contributed by atoms with Gasteiger partial charge in [-0.3, -0.25) is 14.3 Å². The monoisotopic (exact) mass is 1170 g/mol. The Bertz CT molecular complexity index is 2370. The number of rotatable bonds is 21. The Hall–Kier alpha value is -3.38. The molecule has 3 saturated heterocycles. The molecule has 3 aliphatic rings. The number of carbonyl (C=O) groups is 2. The molecule has 0 aliphatic carbocycles. The molecule has 0 bridgehead atoms. The summed E-state index contributed by atoms with van der Waals surface area (Å²) in [5.41, 5.74) is -4.73. The molecule has 82 heavy (non-hydrogen) atoms. The number of aryl methyl sites for hydroxylation is 1. The first-order chi connectivity index (χ1) is 38.7. The van der Waals surface area contributed by atoms with Crippen LogP contribution in [0, 0.1) is 23.7 Å². The number of aliphatic hydroxyl groups excluding tert-OH is 3. The standard InChI is InChI=1S/C65H106N4O12P/c1-15-54-65(10,76)58(72)47(6)69(55(70)35-29-21-19-17-16-18-20-22-30-36-82(49-31-25-23-26-32-49,50-33-27-24-28-34-50)51-40-66-68(13)42-51)41-43(2)38-63(8,75)60(81-62-57(71)52(67(11)12)37-44(3)78-62)45(4)56(46(5)61(74)80-54)53-39-64(9,77-14)59(73)48(7)79-53/h23-28,31-34,40,42-48,52-54,56-60,62,71-73,75-76H,15-22,29-30,35-39,41H2,1-14H3/q+1/t43-,44-,45+,46-,47-,48+,52+,53?,54-,56+,57-,58-,59+,60-,62+,63-,64-,65-/m1/s1. The number of nitrogens with zero attached hydrogens (tertiary/aromatic N) is 4. The molecule has 16 nitrogen and oxygen atoms in total. The topological polar surface area (TPSA) is 206 Å². The van der Waals surface area contributed by atoms with Gasteiger partial charge >= 0.3 is 5.97 Å². The van der Waals surface area contributed by atoms with Crippen molar-refractivity contribution < 1.29 is 58.8 Å². The van der Waals surface area contributed by atoms with Crippen LogP contribution in [-0.4, -0.2) is 175 Å². The first-order valence-electron chi connectivity index (χ1n) is 30.9. The van der Waals surface area contributed by atoms with Crippen molar-refractivity contribution in [3.63, 3.8) is 0 Å². The Morgan fingerprint density at radius 2 is 1.38 bits per heavy atom. The SMILES string of the molecule is CC[C@H]1OC(=O)[C@H](C)[C@@H](C2C[C@@](C)(OC)[C@@H](O)[C@H](C)O2)[C@H](C)[C@@H](O[C@@H]2O[C@H](C)C[C@H](N(C)C)[C@H]2O)[C@](C)(O)C[C@@H](C)CN(C(=O)CCCCCCCCCCC[P+](c2ccccc2)(c2ccccc2)c2cnn(C)c2)[C@H](C)[C@@H](O)[C@]1(C)O. The zero-order valence-corrected chi connectivity index (χ0v) is 53.1. The number of esters is 1. The molecule has 3 aromatic rings. The van der Waals surface area contributed by atoms with E-state index in [1.807, 2.05) is 58.4 Å². The van der Waals surface area contributed by atoms with Crippen LogP contribution in [0.4, 0.5) is 0 Å². The lowest BCUT2D eigenvalue weighted by Gasteiger charge is -2.51. The van der Waals surface area contributed by atoms with Gasteiger partial charge in [0.05, 0.1) is 66.1 Å². The first-order valence-corrected chi connectivity index (χ1v) is 32.9. The molecule has 462 valence electrons. The third-order valence-corrected chi connectivity index (χ3v) is 23.5. The smallest absolute Gasteiger partial charge is 0.309 e. The van der Waals surface area contributed by atoms with Crippen molar-refractivity contribution in [1.29, 1.82) is 0 Å². The highest BCUT2D eigenvalue weighted by Crippen LogP contribution is 2.56. The van der Waals surface area contributed by atoms with E-state index in [0.29, 0.717) is 12.8 Å². The Morgan fingerprint density at radius 1 is 0.805 bits per heavy atom. The van der Waals surface area contributed by atoms with Crippen molar-refractivity contribution in [2.75, 3.05) is 33.9 Å². The molecule has 3 fully saturated rings. The molecular formula is C65H106N4O12P+. The number of carbonyl (C=O) groups excluding carboxylic acids is 2. The maximum absolute atomic E-state index is 14.8. The summed E-state index contributed by atoms with van der Waals surface area (Å²) < 4.78 is 34.1. The van der Waals surface area contributed by atoms with Crippen LogP contribution in [0.3, 0.4) is 0 Å². The predicted octanol–water partition coefficient (Wildman–Crippen LogP) is 7.70. The van der Waals surface area contributed by atoms with Crippen molar-refractivity contribution in [2.45, 2.75) is 243 Å². The number of methoxy groups -OCH3 is 1. The van der Waals surface area contributed by atoms with Gasteiger partial charge in [-0.05, 0) is 130 Å². The number of ether oxygens (including phenoxy) is 5. The van der Waals surface area contributed by atoms with E-state index in [-0.39, 0.29) is 56.2 Å². The van der Waals surface area contributed by atoms with Gasteiger partial charge in [0, 0.05) is 45.5 Å². The van der Waals surface area contributed by atoms with Crippen molar-refractivity contribution in [3.05, 3.63) is 73.1 Å². The van der Waals surface area contributed by atoms with Gasteiger partial charge in [0.25, 0.3) is 0 Å². The average Bonchev–Trinajstić information content (AvgIpc) is 2.67. The van der Waals surface area contributed by atoms with E-state index in [0.717, 1.165) is 57.5 Å². The van der Waals surface area contributed by atoms with Gasteiger partial charge in [0.1, 0.15) is 53.2 Å². The van der Waals surface area contributed by atoms with E-state index in [9.17, 15) is 35.1 Å². The average molecular weight is 1170 g/mol. The van der Waals surface area contributed by atoms with Crippen molar-refractivity contribution in [1.82, 2.24) is 19.6 Å². The van der Waals surface area contributed by atoms with Gasteiger partial charge in [0.15, 0.2) is 6.29 Å². The Morgan fingerprint density at radius 3 is 1.91 bits per heavy atom. The largest absolute Gasteiger partial charge is 0.459 e. The molecule has 4 heterocycles. The molecular weight excluding hydrogens is 1060 g/mol. The van der Waals surface area contributed by atoms with E-state index in [2.05, 4.69) is 78.2 Å². The summed E-state index contributed by atoms with van der Waals surface area (Å²) in [7, 11) is 5.41. The number of unbranched alkanes of at least 4 members (excludes halogenated alkanes) is 8. The van der Waals surface area contributed by atoms with Crippen molar-refractivity contribution in [2.24, 2.45) is 30.7 Å². The zero-order chi connectivity index (χ0) is 60.3. The molecule has 2 aromatic carbocycles. The van der Waals surface area contributed by atoms with E-state index >= 15 is 0 Å². The molecule has 17 heteroatoms. The summed E-state index contributed by atoms with van der Waals surface area (Å²) in [6, 6.07) is 20.7. The van der Waals surface area contributed by atoms with E-state index < -0.39 is 103 Å². The summed E-state index contributed by atoms with van der Waals surface area (Å²) in [4.78, 5) is 33.0. The highest BCUT2D eigenvalue weighted by Gasteiger charge is 2.55. The van der Waals surface area contributed by atoms with Crippen LogP contribution in [0.1, 0.15) is 159 Å². The van der Waals surface area contributed by atoms with E-state index in [1.165, 1.54) is 29.9 Å². The van der Waals surface area contributed by atoms with Crippen LogP contribution in [0.5, 0.6) is 0 Å². The molecule has 0 saturated carbocycles. The minimum Gasteiger partial charge on any atom is -0.459 e. The van der Waals surface area contributed by atoms with Gasteiger partial charge in [-0.25, -0.2) is 0 Å². The maximum Gasteiger partial charge on any atom is 0.309 e. The number of hydrogen-bond acceptors (Lipinski definition) is 14. The van der Waals surface area contributed by atoms with Crippen LogP contribution in [0.25, 0.3) is 0 Å². The van der Waals surface area contributed by atoms with Gasteiger partial charge in [-0.1, -0.05) is 103 Å². The lowest BCUT2D eigenvalue weighted by molar-refractivity contribution is -0.302. The van der Waals surface area contributed by atoms with Crippen molar-refractivity contribution in [3.8, 4) is 0 Å². The molecule has 0 spiro atoms. The number of likely N-dealkylation sites (N-methyl/N-ethyl adjacent to an activating group) is 1. The first kappa shape index (κ1) is 67.7. The normalized spacial score (nSPS) is 35.7. The molecule has 5 N–H and O–H groups in total. The summed E-state index contributed by atoms with van der Waals surface area (Å²) in [5, 5.41) is 69.6. The molecule has 18 atom stereocenters. The summed E-state index contributed by atoms with van der Waals surface area (Å²) in [6.07, 6.45) is 7.07. The summed E-state index contributed by atoms with van der Waals surface area (Å²) >= 11 is 0. The number of benzene rings is 2. The van der Waals surface area contributed by atoms with Crippen molar-refractivity contribution >= 4 is 35.1 Å². The fraction of sp³-hybridized carbons (Fsp3) is 0.738. The number of aromatic nitrogens is 2. The molecule has 1 amide bonds. The maximum atomic E-state index is 14.8. The second-order valence-corrected chi connectivity index (χ2v) is 29.5. The minimum absolute atomic E-state index is 0.104. The molecule has 6 rings (SSSR count). The third-order valence-electron chi connectivity index (χ3n) is 19.0. The highest BCUT2D eigenvalue weighted by atomic mass is 31.2. The summed E-state index contributed by atoms with van der Waals surface area (Å²) in [5.74, 6) is -3.64. The lowest BCUT2D eigenvalue weighted by atomic mass is 9.68. The minimum atomic E-state index is -1.99. The predicted molar refractivity (Wildman–Crippen MR) is 325 cm³/mol. The molecule has 0 radical (unpaired) electrons. The van der Waals surface area contributed by atoms with Gasteiger partial charge in [-0.15, -0.1) is 0 Å². The van der Waals surface area contributed by atoms with Crippen LogP contribution in [-0.2, 0) is 40.3 Å². The Kier molecular flexibility index (Phi) is 24.6. The third kappa shape index (κ3) is 16.0. The number of amides is 1. The second kappa shape index (κ2) is 29.8. The number of hydrogen-bond donors (Lipinski definition) is 5. The van der Waals surface area contributed by atoms with Crippen LogP contribution in [0.2, 0.25) is 0 Å². The van der Waals surface area contributed by atoms with E-state index in [4.69, 9.17) is 23.7 Å². The van der Waals surface area contributed by atoms with Gasteiger partial charge < -0.3 is 59.0 Å². The van der Waals surface area contributed by atoms with Gasteiger partial charge in [0.2, 0.25) is 5.91 Å². The number of cyclic esters (lactones) is 1. The highest BCUT2D eigenvalue weighted by molar-refractivity contribution is 7.95. The Balaban J connectivity index is 1.16. The van der Waals surface area contributed by atoms with E-state index in [1.54, 1.807) is 39.5 Å². The lowest BCUT2D eigenvalue weighted by Crippen LogP contribution is -2.61. The quantitative estimate of drug-likeness (QED) is 0.0394. The fourth-order valence-corrected chi connectivity index (χ4v) is 18.5. The van der Waals surface area contributed by atoms with Gasteiger partial charge in [-0.2, -0.15) is 5.10 Å². The number of aliphatic hydroxyl groups is 5. The zero-order valence-electron chi connectivity index (χ0n) is 52.2.